The summed E-state index contributed by atoms with van der Waals surface area (Å²) in [5.74, 6) is -0.403. The molecule has 0 fully saturated rings. The zero-order valence-electron chi connectivity index (χ0n) is 11.7. The third-order valence-electron chi connectivity index (χ3n) is 2.85. The van der Waals surface area contributed by atoms with E-state index in [4.69, 9.17) is 0 Å². The van der Waals surface area contributed by atoms with Crippen LogP contribution in [0.3, 0.4) is 0 Å². The molecule has 0 aliphatic carbocycles. The molecule has 0 spiro atoms. The minimum atomic E-state index is -4.44. The monoisotopic (exact) mass is 306 g/mol. The van der Waals surface area contributed by atoms with Crippen molar-refractivity contribution in [1.82, 2.24) is 4.98 Å². The average molecular weight is 306 g/mol. The van der Waals surface area contributed by atoms with Crippen LogP contribution in [-0.2, 0) is 11.0 Å². The summed E-state index contributed by atoms with van der Waals surface area (Å²) >= 11 is 0. The van der Waals surface area contributed by atoms with Crippen LogP contribution in [0.1, 0.15) is 16.7 Å². The number of aryl methyl sites for hydroxylation is 1. The highest BCUT2D eigenvalue weighted by atomic mass is 19.4. The number of nitrogens with one attached hydrogen (secondary N) is 1. The lowest BCUT2D eigenvalue weighted by atomic mass is 10.1. The molecule has 0 saturated carbocycles. The van der Waals surface area contributed by atoms with Gasteiger partial charge >= 0.3 is 6.18 Å². The van der Waals surface area contributed by atoms with E-state index >= 15 is 0 Å². The van der Waals surface area contributed by atoms with Crippen molar-refractivity contribution in [3.05, 3.63) is 65.4 Å². The lowest BCUT2D eigenvalue weighted by Gasteiger charge is -2.06. The van der Waals surface area contributed by atoms with Gasteiger partial charge in [0, 0.05) is 12.3 Å². The number of alkyl halides is 3. The predicted molar refractivity (Wildman–Crippen MR) is 78.1 cm³/mol. The Balaban J connectivity index is 1.98. The lowest BCUT2D eigenvalue weighted by molar-refractivity contribution is -0.137. The molecular weight excluding hydrogens is 293 g/mol. The third-order valence-corrected chi connectivity index (χ3v) is 2.85. The van der Waals surface area contributed by atoms with E-state index in [-0.39, 0.29) is 5.82 Å². The van der Waals surface area contributed by atoms with Crippen molar-refractivity contribution in [2.45, 2.75) is 13.1 Å². The Morgan fingerprint density at radius 3 is 2.36 bits per heavy atom. The van der Waals surface area contributed by atoms with E-state index in [1.54, 1.807) is 6.08 Å². The van der Waals surface area contributed by atoms with E-state index in [0.717, 1.165) is 23.3 Å². The van der Waals surface area contributed by atoms with Crippen molar-refractivity contribution in [1.29, 1.82) is 0 Å². The number of aromatic nitrogens is 1. The highest BCUT2D eigenvalue weighted by molar-refractivity contribution is 6.01. The first-order valence-corrected chi connectivity index (χ1v) is 6.43. The molecule has 6 heteroatoms. The van der Waals surface area contributed by atoms with Crippen molar-refractivity contribution in [2.24, 2.45) is 0 Å². The Morgan fingerprint density at radius 2 is 1.82 bits per heavy atom. The molecule has 1 aromatic carbocycles. The fraction of sp³-hybridized carbons (Fsp3) is 0.125. The Morgan fingerprint density at radius 1 is 1.14 bits per heavy atom. The summed E-state index contributed by atoms with van der Waals surface area (Å²) in [6.07, 6.45) is -0.858. The number of anilines is 1. The second kappa shape index (κ2) is 6.43. The molecule has 0 unspecified atom stereocenters. The van der Waals surface area contributed by atoms with Gasteiger partial charge in [0.1, 0.15) is 5.82 Å². The van der Waals surface area contributed by atoms with Gasteiger partial charge in [-0.15, -0.1) is 0 Å². The van der Waals surface area contributed by atoms with Gasteiger partial charge in [0.2, 0.25) is 5.91 Å². The summed E-state index contributed by atoms with van der Waals surface area (Å²) in [7, 11) is 0. The summed E-state index contributed by atoms with van der Waals surface area (Å²) in [4.78, 5) is 15.2. The second-order valence-corrected chi connectivity index (χ2v) is 4.66. The highest BCUT2D eigenvalue weighted by Gasteiger charge is 2.30. The average Bonchev–Trinajstić information content (AvgIpc) is 2.46. The predicted octanol–water partition coefficient (Wildman–Crippen LogP) is 4.06. The van der Waals surface area contributed by atoms with Crippen LogP contribution < -0.4 is 5.32 Å². The van der Waals surface area contributed by atoms with Gasteiger partial charge in [-0.2, -0.15) is 13.2 Å². The van der Waals surface area contributed by atoms with Gasteiger partial charge in [-0.3, -0.25) is 4.79 Å². The molecular formula is C16H13F3N2O. The number of carbonyl (C=O) groups excluding carboxylic acids is 1. The van der Waals surface area contributed by atoms with E-state index in [2.05, 4.69) is 10.3 Å². The van der Waals surface area contributed by atoms with Gasteiger partial charge in [0.25, 0.3) is 0 Å². The van der Waals surface area contributed by atoms with Crippen LogP contribution in [0, 0.1) is 6.92 Å². The van der Waals surface area contributed by atoms with Gasteiger partial charge in [0.15, 0.2) is 0 Å². The molecule has 0 aliphatic heterocycles. The van der Waals surface area contributed by atoms with Crippen molar-refractivity contribution >= 4 is 17.8 Å². The Bertz CT molecular complexity index is 674. The van der Waals surface area contributed by atoms with E-state index < -0.39 is 17.6 Å². The van der Waals surface area contributed by atoms with Crippen LogP contribution in [0.25, 0.3) is 6.08 Å². The normalized spacial score (nSPS) is 11.6. The SMILES string of the molecule is Cc1ccc(/C=C/C(=O)Nc2ccc(C(F)(F)F)cn2)cc1. The van der Waals surface area contributed by atoms with Gasteiger partial charge < -0.3 is 5.32 Å². The van der Waals surface area contributed by atoms with Crippen LogP contribution >= 0.6 is 0 Å². The maximum Gasteiger partial charge on any atom is 0.417 e. The number of hydrogen-bond acceptors (Lipinski definition) is 2. The van der Waals surface area contributed by atoms with E-state index in [9.17, 15) is 18.0 Å². The summed E-state index contributed by atoms with van der Waals surface area (Å²) in [5.41, 5.74) is 1.09. The maximum atomic E-state index is 12.4. The van der Waals surface area contributed by atoms with Gasteiger partial charge in [-0.1, -0.05) is 29.8 Å². The van der Waals surface area contributed by atoms with Crippen molar-refractivity contribution in [3.63, 3.8) is 0 Å². The Kier molecular flexibility index (Phi) is 4.60. The first kappa shape index (κ1) is 15.8. The standard InChI is InChI=1S/C16H13F3N2O/c1-11-2-4-12(5-3-11)6-9-15(22)21-14-8-7-13(10-20-14)16(17,18)19/h2-10H,1H3,(H,20,21,22)/b9-6+. The number of nitrogens with zero attached hydrogens (tertiary/aromatic N) is 1. The fourth-order valence-electron chi connectivity index (χ4n) is 1.65. The molecule has 114 valence electrons. The number of amides is 1. The summed E-state index contributed by atoms with van der Waals surface area (Å²) in [6, 6.07) is 9.52. The third kappa shape index (κ3) is 4.44. The van der Waals surface area contributed by atoms with Gasteiger partial charge in [-0.05, 0) is 30.7 Å². The molecule has 22 heavy (non-hydrogen) atoms. The highest BCUT2D eigenvalue weighted by Crippen LogP contribution is 2.28. The molecule has 0 atom stereocenters. The van der Waals surface area contributed by atoms with E-state index in [1.165, 1.54) is 6.08 Å². The summed E-state index contributed by atoms with van der Waals surface area (Å²) < 4.78 is 37.1. The first-order chi connectivity index (χ1) is 10.3. The van der Waals surface area contributed by atoms with Crippen LogP contribution in [0.5, 0.6) is 0 Å². The van der Waals surface area contributed by atoms with Crippen molar-refractivity contribution in [2.75, 3.05) is 5.32 Å². The van der Waals surface area contributed by atoms with Crippen LogP contribution in [0.15, 0.2) is 48.7 Å². The van der Waals surface area contributed by atoms with Gasteiger partial charge in [-0.25, -0.2) is 4.98 Å². The Hall–Kier alpha value is -2.63. The molecule has 0 aliphatic rings. The molecule has 1 amide bonds. The number of halogens is 3. The molecule has 1 aromatic heterocycles. The molecule has 2 rings (SSSR count). The largest absolute Gasteiger partial charge is 0.417 e. The second-order valence-electron chi connectivity index (χ2n) is 4.66. The molecule has 0 bridgehead atoms. The number of carbonyl (C=O) groups is 1. The van der Waals surface area contributed by atoms with Crippen LogP contribution in [-0.4, -0.2) is 10.9 Å². The van der Waals surface area contributed by atoms with Crippen molar-refractivity contribution < 1.29 is 18.0 Å². The summed E-state index contributed by atoms with van der Waals surface area (Å²) in [6.45, 7) is 1.95. The number of rotatable bonds is 3. The topological polar surface area (TPSA) is 42.0 Å². The minimum Gasteiger partial charge on any atom is -0.307 e. The number of benzene rings is 1. The maximum absolute atomic E-state index is 12.4. The van der Waals surface area contributed by atoms with E-state index in [1.807, 2.05) is 31.2 Å². The van der Waals surface area contributed by atoms with E-state index in [0.29, 0.717) is 6.20 Å². The summed E-state index contributed by atoms with van der Waals surface area (Å²) in [5, 5.41) is 2.40. The minimum absolute atomic E-state index is 0.0616. The number of hydrogen-bond donors (Lipinski definition) is 1. The quantitative estimate of drug-likeness (QED) is 0.869. The van der Waals surface area contributed by atoms with Gasteiger partial charge in [0.05, 0.1) is 5.56 Å². The lowest BCUT2D eigenvalue weighted by Crippen LogP contribution is -2.11. The fourth-order valence-corrected chi connectivity index (χ4v) is 1.65. The molecule has 0 saturated heterocycles. The smallest absolute Gasteiger partial charge is 0.307 e. The molecule has 2 aromatic rings. The molecule has 0 radical (unpaired) electrons. The molecule has 1 heterocycles. The molecule has 1 N–H and O–H groups in total. The van der Waals surface area contributed by atoms with Crippen LogP contribution in [0.4, 0.5) is 19.0 Å². The zero-order valence-corrected chi connectivity index (χ0v) is 11.7. The zero-order chi connectivity index (χ0) is 16.2. The molecule has 3 nitrogen and oxygen atoms in total. The van der Waals surface area contributed by atoms with Crippen molar-refractivity contribution in [3.8, 4) is 0 Å². The van der Waals surface area contributed by atoms with Crippen LogP contribution in [0.2, 0.25) is 0 Å². The Labute approximate surface area is 125 Å². The number of pyridine rings is 1. The first-order valence-electron chi connectivity index (χ1n) is 6.43.